The summed E-state index contributed by atoms with van der Waals surface area (Å²) in [5, 5.41) is 15.6. The van der Waals surface area contributed by atoms with Crippen LogP contribution in [0.25, 0.3) is 32.5 Å². The highest BCUT2D eigenvalue weighted by molar-refractivity contribution is 7.22. The zero-order chi connectivity index (χ0) is 20.1. The minimum Gasteiger partial charge on any atom is -0.465 e. The van der Waals surface area contributed by atoms with Gasteiger partial charge in [0.1, 0.15) is 5.69 Å². The molecule has 6 nitrogen and oxygen atoms in total. The number of carboxylic acid groups (broad SMARTS) is 1. The predicted octanol–water partition coefficient (Wildman–Crippen LogP) is 5.36. The van der Waals surface area contributed by atoms with Gasteiger partial charge in [0.2, 0.25) is 0 Å². The first-order chi connectivity index (χ1) is 14.0. The van der Waals surface area contributed by atoms with Crippen molar-refractivity contribution in [1.29, 1.82) is 0 Å². The standard InChI is InChI=1S/C21H17ClN4O2S/c1-12-10-26-16(11-25(12)21(27)28)19(13-4-6-23-7-5-13)20(24-26)15-3-2-14-9-18(22)29-17(14)8-15/h2-9,12H,10-11H2,1H3,(H,27,28). The van der Waals surface area contributed by atoms with Crippen LogP contribution in [0, 0.1) is 0 Å². The third-order valence-electron chi connectivity index (χ3n) is 5.33. The van der Waals surface area contributed by atoms with E-state index < -0.39 is 6.09 Å². The van der Waals surface area contributed by atoms with Gasteiger partial charge in [0.15, 0.2) is 0 Å². The van der Waals surface area contributed by atoms with Crippen LogP contribution in [0.2, 0.25) is 4.34 Å². The molecule has 29 heavy (non-hydrogen) atoms. The van der Waals surface area contributed by atoms with E-state index in [1.54, 1.807) is 12.4 Å². The van der Waals surface area contributed by atoms with Crippen LogP contribution in [-0.4, -0.2) is 36.9 Å². The fraction of sp³-hybridized carbons (Fsp3) is 0.190. The zero-order valence-electron chi connectivity index (χ0n) is 15.5. The molecule has 1 unspecified atom stereocenters. The van der Waals surface area contributed by atoms with Gasteiger partial charge in [-0.3, -0.25) is 14.6 Å². The number of nitrogens with zero attached hydrogens (tertiary/aromatic N) is 4. The molecular formula is C21H17ClN4O2S. The van der Waals surface area contributed by atoms with Gasteiger partial charge in [0.25, 0.3) is 0 Å². The van der Waals surface area contributed by atoms with Crippen molar-refractivity contribution < 1.29 is 9.90 Å². The maximum atomic E-state index is 11.7. The summed E-state index contributed by atoms with van der Waals surface area (Å²) in [6, 6.07) is 11.9. The second-order valence-electron chi connectivity index (χ2n) is 7.15. The maximum Gasteiger partial charge on any atom is 0.407 e. The van der Waals surface area contributed by atoms with Crippen LogP contribution >= 0.6 is 22.9 Å². The highest BCUT2D eigenvalue weighted by Gasteiger charge is 2.32. The number of fused-ring (bicyclic) bond motifs is 2. The van der Waals surface area contributed by atoms with E-state index in [9.17, 15) is 9.90 Å². The summed E-state index contributed by atoms with van der Waals surface area (Å²) in [5.41, 5.74) is 4.65. The first kappa shape index (κ1) is 18.1. The number of hydrogen-bond donors (Lipinski definition) is 1. The Bertz CT molecular complexity index is 1230. The van der Waals surface area contributed by atoms with Gasteiger partial charge >= 0.3 is 6.09 Å². The number of halogens is 1. The van der Waals surface area contributed by atoms with Crippen LogP contribution in [0.3, 0.4) is 0 Å². The maximum absolute atomic E-state index is 11.7. The Morgan fingerprint density at radius 1 is 1.21 bits per heavy atom. The molecule has 1 aliphatic rings. The molecule has 1 atom stereocenters. The van der Waals surface area contributed by atoms with E-state index in [2.05, 4.69) is 11.1 Å². The van der Waals surface area contributed by atoms with Crippen molar-refractivity contribution in [3.63, 3.8) is 0 Å². The summed E-state index contributed by atoms with van der Waals surface area (Å²) < 4.78 is 3.79. The monoisotopic (exact) mass is 424 g/mol. The smallest absolute Gasteiger partial charge is 0.407 e. The van der Waals surface area contributed by atoms with Gasteiger partial charge in [0.05, 0.1) is 29.2 Å². The first-order valence-corrected chi connectivity index (χ1v) is 10.4. The third kappa shape index (κ3) is 3.07. The van der Waals surface area contributed by atoms with Crippen LogP contribution in [-0.2, 0) is 13.1 Å². The Morgan fingerprint density at radius 2 is 2.00 bits per heavy atom. The minimum atomic E-state index is -0.915. The van der Waals surface area contributed by atoms with E-state index in [-0.39, 0.29) is 6.04 Å². The number of benzene rings is 1. The molecule has 5 rings (SSSR count). The van der Waals surface area contributed by atoms with Crippen LogP contribution < -0.4 is 0 Å². The van der Waals surface area contributed by atoms with Gasteiger partial charge in [-0.2, -0.15) is 5.10 Å². The van der Waals surface area contributed by atoms with E-state index in [0.717, 1.165) is 42.5 Å². The molecule has 3 aromatic heterocycles. The van der Waals surface area contributed by atoms with E-state index in [4.69, 9.17) is 16.7 Å². The number of pyridine rings is 1. The number of thiophene rings is 1. The van der Waals surface area contributed by atoms with Gasteiger partial charge < -0.3 is 5.11 Å². The lowest BCUT2D eigenvalue weighted by Gasteiger charge is -2.32. The molecule has 8 heteroatoms. The van der Waals surface area contributed by atoms with Crippen molar-refractivity contribution >= 4 is 39.1 Å². The molecule has 0 saturated heterocycles. The van der Waals surface area contributed by atoms with Gasteiger partial charge in [-0.1, -0.05) is 23.7 Å². The number of hydrogen-bond acceptors (Lipinski definition) is 4. The lowest BCUT2D eigenvalue weighted by Crippen LogP contribution is -2.44. The van der Waals surface area contributed by atoms with Crippen LogP contribution in [0.15, 0.2) is 48.8 Å². The van der Waals surface area contributed by atoms with Crippen molar-refractivity contribution in [3.8, 4) is 22.4 Å². The molecule has 1 aliphatic heterocycles. The fourth-order valence-electron chi connectivity index (χ4n) is 3.90. The summed E-state index contributed by atoms with van der Waals surface area (Å²) in [5.74, 6) is 0. The lowest BCUT2D eigenvalue weighted by molar-refractivity contribution is 0.105. The second-order valence-corrected chi connectivity index (χ2v) is 8.87. The number of carbonyl (C=O) groups is 1. The Kier molecular flexibility index (Phi) is 4.29. The number of aromatic nitrogens is 3. The van der Waals surface area contributed by atoms with Gasteiger partial charge in [-0.25, -0.2) is 4.79 Å². The van der Waals surface area contributed by atoms with E-state index >= 15 is 0 Å². The molecule has 0 bridgehead atoms. The summed E-state index contributed by atoms with van der Waals surface area (Å²) in [7, 11) is 0. The Hall–Kier alpha value is -2.90. The molecule has 0 spiro atoms. The molecule has 0 aliphatic carbocycles. The Labute approximate surface area is 176 Å². The number of rotatable bonds is 2. The normalized spacial score (nSPS) is 16.2. The van der Waals surface area contributed by atoms with Crippen LogP contribution in [0.5, 0.6) is 0 Å². The molecule has 4 heterocycles. The van der Waals surface area contributed by atoms with Crippen molar-refractivity contribution in [1.82, 2.24) is 19.7 Å². The molecular weight excluding hydrogens is 408 g/mol. The van der Waals surface area contributed by atoms with Gasteiger partial charge in [-0.05, 0) is 42.1 Å². The second kappa shape index (κ2) is 6.86. The third-order valence-corrected chi connectivity index (χ3v) is 6.55. The van der Waals surface area contributed by atoms with Gasteiger partial charge in [-0.15, -0.1) is 11.3 Å². The Balaban J connectivity index is 1.73. The largest absolute Gasteiger partial charge is 0.465 e. The fourth-order valence-corrected chi connectivity index (χ4v) is 5.09. The zero-order valence-corrected chi connectivity index (χ0v) is 17.1. The topological polar surface area (TPSA) is 71.2 Å². The average Bonchev–Trinajstić information content (AvgIpc) is 3.26. The quantitative estimate of drug-likeness (QED) is 0.470. The molecule has 0 fully saturated rings. The molecule has 1 aromatic carbocycles. The summed E-state index contributed by atoms with van der Waals surface area (Å²) >= 11 is 7.72. The molecule has 0 saturated carbocycles. The van der Waals surface area contributed by atoms with Crippen molar-refractivity contribution in [2.45, 2.75) is 26.1 Å². The van der Waals surface area contributed by atoms with Crippen LogP contribution in [0.1, 0.15) is 12.6 Å². The molecule has 1 N–H and O–H groups in total. The predicted molar refractivity (Wildman–Crippen MR) is 114 cm³/mol. The summed E-state index contributed by atoms with van der Waals surface area (Å²) in [6.07, 6.45) is 2.57. The first-order valence-electron chi connectivity index (χ1n) is 9.20. The minimum absolute atomic E-state index is 0.142. The van der Waals surface area contributed by atoms with E-state index in [1.165, 1.54) is 16.2 Å². The van der Waals surface area contributed by atoms with E-state index in [0.29, 0.717) is 13.1 Å². The molecule has 1 amide bonds. The summed E-state index contributed by atoms with van der Waals surface area (Å²) in [4.78, 5) is 17.3. The molecule has 4 aromatic rings. The lowest BCUT2D eigenvalue weighted by atomic mass is 9.98. The molecule has 0 radical (unpaired) electrons. The van der Waals surface area contributed by atoms with E-state index in [1.807, 2.05) is 41.9 Å². The highest BCUT2D eigenvalue weighted by Crippen LogP contribution is 2.39. The molecule has 146 valence electrons. The Morgan fingerprint density at radius 3 is 2.76 bits per heavy atom. The number of amides is 1. The van der Waals surface area contributed by atoms with Gasteiger partial charge in [0, 0.05) is 28.2 Å². The van der Waals surface area contributed by atoms with Crippen molar-refractivity contribution in [3.05, 3.63) is 58.8 Å². The van der Waals surface area contributed by atoms with Crippen molar-refractivity contribution in [2.24, 2.45) is 0 Å². The summed E-state index contributed by atoms with van der Waals surface area (Å²) in [6.45, 7) is 2.73. The SMILES string of the molecule is CC1Cn2nc(-c3ccc4cc(Cl)sc4c3)c(-c3ccncc3)c2CN1C(=O)O. The van der Waals surface area contributed by atoms with Crippen molar-refractivity contribution in [2.75, 3.05) is 0 Å². The highest BCUT2D eigenvalue weighted by atomic mass is 35.5. The average molecular weight is 425 g/mol. The van der Waals surface area contributed by atoms with Crippen LogP contribution in [0.4, 0.5) is 4.79 Å².